The number of benzene rings is 1. The normalized spacial score (nSPS) is 21.4. The summed E-state index contributed by atoms with van der Waals surface area (Å²) in [5, 5.41) is 6.90. The number of aromatic nitrogens is 2. The van der Waals surface area contributed by atoms with E-state index >= 15 is 0 Å². The van der Waals surface area contributed by atoms with E-state index < -0.39 is 28.2 Å². The highest BCUT2D eigenvalue weighted by Gasteiger charge is 2.41. The van der Waals surface area contributed by atoms with Gasteiger partial charge in [-0.05, 0) is 36.2 Å². The number of amides is 1. The summed E-state index contributed by atoms with van der Waals surface area (Å²) in [6.07, 6.45) is 4.76. The van der Waals surface area contributed by atoms with Crippen molar-refractivity contribution in [3.63, 3.8) is 0 Å². The van der Waals surface area contributed by atoms with Crippen molar-refractivity contribution in [1.29, 1.82) is 0 Å². The van der Waals surface area contributed by atoms with Crippen LogP contribution in [0.2, 0.25) is 0 Å². The Morgan fingerprint density at radius 1 is 1.33 bits per heavy atom. The van der Waals surface area contributed by atoms with E-state index in [4.69, 9.17) is 4.42 Å². The minimum Gasteiger partial charge on any atom is -0.468 e. The molecule has 0 aliphatic carbocycles. The van der Waals surface area contributed by atoms with E-state index in [0.29, 0.717) is 18.0 Å². The third-order valence-electron chi connectivity index (χ3n) is 4.92. The number of anilines is 1. The van der Waals surface area contributed by atoms with Crippen LogP contribution in [0.1, 0.15) is 23.8 Å². The van der Waals surface area contributed by atoms with Crippen molar-refractivity contribution in [2.24, 2.45) is 0 Å². The Bertz CT molecular complexity index is 1130. The zero-order valence-corrected chi connectivity index (χ0v) is 16.8. The van der Waals surface area contributed by atoms with E-state index in [-0.39, 0.29) is 12.2 Å². The number of carbonyl (C=O) groups is 1. The van der Waals surface area contributed by atoms with Crippen LogP contribution >= 0.6 is 0 Å². The smallest absolute Gasteiger partial charge is 0.280 e. The molecule has 3 heterocycles. The average Bonchev–Trinajstić information content (AvgIpc) is 3.38. The molecule has 1 fully saturated rings. The maximum atomic E-state index is 13.0. The van der Waals surface area contributed by atoms with E-state index in [1.165, 1.54) is 31.6 Å². The lowest BCUT2D eigenvalue weighted by molar-refractivity contribution is -0.120. The van der Waals surface area contributed by atoms with E-state index in [1.54, 1.807) is 35.1 Å². The fraction of sp³-hybridized carbons (Fsp3) is 0.263. The molecule has 9 nitrogen and oxygen atoms in total. The van der Waals surface area contributed by atoms with Crippen molar-refractivity contribution in [1.82, 2.24) is 18.8 Å². The largest absolute Gasteiger partial charge is 0.468 e. The maximum Gasteiger partial charge on any atom is 0.280 e. The molecule has 0 saturated carbocycles. The number of halogens is 1. The number of furan rings is 1. The molecule has 0 spiro atoms. The lowest BCUT2D eigenvalue weighted by atomic mass is 10.0. The van der Waals surface area contributed by atoms with E-state index in [2.05, 4.69) is 15.1 Å². The van der Waals surface area contributed by atoms with Gasteiger partial charge in [-0.25, -0.2) is 4.39 Å². The predicted octanol–water partition coefficient (Wildman–Crippen LogP) is 1.88. The topological polar surface area (TPSA) is 109 Å². The van der Waals surface area contributed by atoms with Crippen molar-refractivity contribution in [3.05, 3.63) is 72.2 Å². The van der Waals surface area contributed by atoms with E-state index in [0.717, 1.165) is 9.87 Å². The Morgan fingerprint density at radius 2 is 2.10 bits per heavy atom. The number of carbonyl (C=O) groups excluding carboxylic acids is 1. The number of nitrogens with zero attached hydrogens (tertiary/aromatic N) is 3. The van der Waals surface area contributed by atoms with Crippen molar-refractivity contribution in [2.45, 2.75) is 25.0 Å². The van der Waals surface area contributed by atoms with Crippen LogP contribution in [0.4, 0.5) is 10.1 Å². The summed E-state index contributed by atoms with van der Waals surface area (Å²) in [6.45, 7) is 0.401. The third-order valence-corrected chi connectivity index (χ3v) is 6.51. The van der Waals surface area contributed by atoms with Crippen LogP contribution in [0.15, 0.2) is 59.5 Å². The lowest BCUT2D eigenvalue weighted by Crippen LogP contribution is -2.55. The van der Waals surface area contributed by atoms with Crippen LogP contribution in [0.5, 0.6) is 0 Å². The standard InChI is InChI=1S/C19H20FN5O4S/c1-24-17(9-16(23-30(24,27)28)18-3-2-8-29-18)19(26)22-15-10-21-25(12-15)11-13-4-6-14(20)7-5-13/h2-8,10,12,16-17,23H,9,11H2,1H3,(H,22,26)/t16-,17+/m0/s1. The fourth-order valence-electron chi connectivity index (χ4n) is 3.30. The monoisotopic (exact) mass is 433 g/mol. The molecule has 30 heavy (non-hydrogen) atoms. The van der Waals surface area contributed by atoms with Gasteiger partial charge in [-0.2, -0.15) is 22.5 Å². The Morgan fingerprint density at radius 3 is 2.80 bits per heavy atom. The Kier molecular flexibility index (Phi) is 5.41. The number of rotatable bonds is 5. The molecule has 4 rings (SSSR count). The number of nitrogens with one attached hydrogen (secondary N) is 2. The summed E-state index contributed by atoms with van der Waals surface area (Å²) in [5.41, 5.74) is 1.28. The van der Waals surface area contributed by atoms with Crippen molar-refractivity contribution in [2.75, 3.05) is 12.4 Å². The summed E-state index contributed by atoms with van der Waals surface area (Å²) in [5.74, 6) is -0.349. The summed E-state index contributed by atoms with van der Waals surface area (Å²) in [6, 6.07) is 7.79. The molecule has 3 aromatic rings. The van der Waals surface area contributed by atoms with Gasteiger partial charge in [0.1, 0.15) is 17.6 Å². The van der Waals surface area contributed by atoms with Gasteiger partial charge in [0, 0.05) is 13.2 Å². The number of hydrogen-bond acceptors (Lipinski definition) is 5. The molecule has 0 radical (unpaired) electrons. The first-order chi connectivity index (χ1) is 14.3. The molecule has 1 aliphatic heterocycles. The van der Waals surface area contributed by atoms with Gasteiger partial charge >= 0.3 is 0 Å². The van der Waals surface area contributed by atoms with Crippen LogP contribution in [0, 0.1) is 5.82 Å². The van der Waals surface area contributed by atoms with Gasteiger partial charge < -0.3 is 9.73 Å². The third kappa shape index (κ3) is 4.27. The van der Waals surface area contributed by atoms with Crippen molar-refractivity contribution < 1.29 is 22.0 Å². The molecule has 158 valence electrons. The van der Waals surface area contributed by atoms with Gasteiger partial charge in [-0.15, -0.1) is 0 Å². The molecule has 2 atom stereocenters. The molecule has 0 bridgehead atoms. The van der Waals surface area contributed by atoms with Gasteiger partial charge in [0.2, 0.25) is 5.91 Å². The van der Waals surface area contributed by atoms with Gasteiger partial charge in [0.15, 0.2) is 0 Å². The molecule has 11 heteroatoms. The Hall–Kier alpha value is -3.02. The summed E-state index contributed by atoms with van der Waals surface area (Å²) in [4.78, 5) is 12.8. The van der Waals surface area contributed by atoms with E-state index in [9.17, 15) is 17.6 Å². The van der Waals surface area contributed by atoms with Crippen molar-refractivity contribution in [3.8, 4) is 0 Å². The molecule has 2 aromatic heterocycles. The average molecular weight is 433 g/mol. The zero-order valence-electron chi connectivity index (χ0n) is 16.0. The quantitative estimate of drug-likeness (QED) is 0.639. The lowest BCUT2D eigenvalue weighted by Gasteiger charge is -2.35. The second kappa shape index (κ2) is 8.01. The Labute approximate surface area is 172 Å². The number of hydrogen-bond donors (Lipinski definition) is 2. The molecule has 1 aliphatic rings. The highest BCUT2D eigenvalue weighted by Crippen LogP contribution is 2.28. The second-order valence-electron chi connectivity index (χ2n) is 7.00. The van der Waals surface area contributed by atoms with E-state index in [1.807, 2.05) is 0 Å². The highest BCUT2D eigenvalue weighted by molar-refractivity contribution is 7.87. The molecule has 1 amide bonds. The van der Waals surface area contributed by atoms with Crippen LogP contribution in [0.25, 0.3) is 0 Å². The minimum atomic E-state index is -3.85. The molecule has 0 unspecified atom stereocenters. The van der Waals surface area contributed by atoms with Crippen LogP contribution in [0.3, 0.4) is 0 Å². The van der Waals surface area contributed by atoms with Gasteiger partial charge in [-0.1, -0.05) is 12.1 Å². The summed E-state index contributed by atoms with van der Waals surface area (Å²) < 4.78 is 48.3. The molecular formula is C19H20FN5O4S. The molecular weight excluding hydrogens is 413 g/mol. The maximum absolute atomic E-state index is 13.0. The highest BCUT2D eigenvalue weighted by atomic mass is 32.2. The van der Waals surface area contributed by atoms with Crippen molar-refractivity contribution >= 4 is 21.8 Å². The first kappa shape index (κ1) is 20.3. The molecule has 1 aromatic carbocycles. The molecule has 2 N–H and O–H groups in total. The molecule has 1 saturated heterocycles. The minimum absolute atomic E-state index is 0.207. The van der Waals surface area contributed by atoms with Crippen LogP contribution in [-0.2, 0) is 21.5 Å². The fourth-order valence-corrected chi connectivity index (χ4v) is 4.56. The number of likely N-dealkylation sites (N-methyl/N-ethyl adjacent to an activating group) is 1. The van der Waals surface area contributed by atoms with Gasteiger partial charge in [-0.3, -0.25) is 9.48 Å². The van der Waals surface area contributed by atoms with Gasteiger partial charge in [0.25, 0.3) is 10.2 Å². The summed E-state index contributed by atoms with van der Waals surface area (Å²) >= 11 is 0. The first-order valence-corrected chi connectivity index (χ1v) is 10.6. The van der Waals surface area contributed by atoms with Gasteiger partial charge in [0.05, 0.1) is 30.7 Å². The van der Waals surface area contributed by atoms with Crippen LogP contribution in [-0.4, -0.2) is 41.5 Å². The zero-order chi connectivity index (χ0) is 21.3. The first-order valence-electron chi connectivity index (χ1n) is 9.18. The summed E-state index contributed by atoms with van der Waals surface area (Å²) in [7, 11) is -2.50. The predicted molar refractivity (Wildman–Crippen MR) is 106 cm³/mol. The second-order valence-corrected chi connectivity index (χ2v) is 8.76. The SMILES string of the molecule is CN1[C@@H](C(=O)Nc2cnn(Cc3ccc(F)cc3)c2)C[C@@H](c2ccco2)NS1(=O)=O. The van der Waals surface area contributed by atoms with Crippen LogP contribution < -0.4 is 10.0 Å². The Balaban J connectivity index is 1.46.